The average molecular weight is 410 g/mol. The van der Waals surface area contributed by atoms with Crippen molar-refractivity contribution in [3.8, 4) is 0 Å². The molecular formula is C20H31N3O4S. The molecule has 1 fully saturated rings. The van der Waals surface area contributed by atoms with E-state index in [0.29, 0.717) is 13.0 Å². The lowest BCUT2D eigenvalue weighted by atomic mass is 9.96. The number of benzene rings is 1. The minimum absolute atomic E-state index is 0.0233. The third-order valence-corrected chi connectivity index (χ3v) is 6.59. The van der Waals surface area contributed by atoms with Crippen molar-refractivity contribution >= 4 is 21.8 Å². The summed E-state index contributed by atoms with van der Waals surface area (Å²) in [7, 11) is -3.51. The average Bonchev–Trinajstić information content (AvgIpc) is 2.68. The number of hydrogen-bond acceptors (Lipinski definition) is 4. The molecule has 0 aromatic heterocycles. The fourth-order valence-electron chi connectivity index (χ4n) is 3.14. The molecule has 1 saturated carbocycles. The van der Waals surface area contributed by atoms with E-state index < -0.39 is 21.8 Å². The van der Waals surface area contributed by atoms with Crippen LogP contribution in [0.3, 0.4) is 0 Å². The Bertz CT molecular complexity index is 756. The van der Waals surface area contributed by atoms with Gasteiger partial charge in [-0.05, 0) is 50.3 Å². The van der Waals surface area contributed by atoms with Crippen molar-refractivity contribution in [2.24, 2.45) is 0 Å². The molecule has 1 aromatic carbocycles. The molecule has 1 aromatic rings. The molecule has 1 aliphatic carbocycles. The molecule has 3 N–H and O–H groups in total. The Morgan fingerprint density at radius 3 is 2.32 bits per heavy atom. The first-order valence-electron chi connectivity index (χ1n) is 10.0. The van der Waals surface area contributed by atoms with Gasteiger partial charge >= 0.3 is 11.8 Å². The van der Waals surface area contributed by atoms with Gasteiger partial charge in [0, 0.05) is 18.6 Å². The third kappa shape index (κ3) is 6.91. The van der Waals surface area contributed by atoms with Crippen LogP contribution in [0.15, 0.2) is 29.2 Å². The molecule has 8 heteroatoms. The van der Waals surface area contributed by atoms with Gasteiger partial charge in [0.15, 0.2) is 0 Å². The zero-order valence-electron chi connectivity index (χ0n) is 16.7. The van der Waals surface area contributed by atoms with E-state index >= 15 is 0 Å². The smallest absolute Gasteiger partial charge is 0.309 e. The van der Waals surface area contributed by atoms with Crippen LogP contribution < -0.4 is 15.4 Å². The van der Waals surface area contributed by atoms with Gasteiger partial charge < -0.3 is 10.6 Å². The molecule has 1 atom stereocenters. The summed E-state index contributed by atoms with van der Waals surface area (Å²) in [6.45, 7) is 4.07. The number of carbonyl (C=O) groups excluding carboxylic acids is 2. The van der Waals surface area contributed by atoms with Crippen molar-refractivity contribution in [3.05, 3.63) is 29.8 Å². The Morgan fingerprint density at radius 2 is 1.71 bits per heavy atom. The summed E-state index contributed by atoms with van der Waals surface area (Å²) < 4.78 is 27.8. The van der Waals surface area contributed by atoms with Crippen LogP contribution in [0.4, 0.5) is 0 Å². The summed E-state index contributed by atoms with van der Waals surface area (Å²) in [5, 5.41) is 5.19. The van der Waals surface area contributed by atoms with E-state index in [4.69, 9.17) is 0 Å². The molecule has 1 aliphatic rings. The van der Waals surface area contributed by atoms with Gasteiger partial charge in [0.25, 0.3) is 0 Å². The highest BCUT2D eigenvalue weighted by atomic mass is 32.2. The van der Waals surface area contributed by atoms with E-state index in [-0.39, 0.29) is 17.0 Å². The zero-order valence-corrected chi connectivity index (χ0v) is 17.5. The standard InChI is InChI=1S/C20H31N3O4S/c1-3-15(2)22-20(25)19(24)21-14-13-16-9-11-18(12-10-16)28(26,27)23-17-7-5-4-6-8-17/h9-12,15,17,23H,3-8,13-14H2,1-2H3,(H,21,24)(H,22,25)/t15-/m1/s1. The summed E-state index contributed by atoms with van der Waals surface area (Å²) in [6, 6.07) is 6.61. The first kappa shape index (κ1) is 22.4. The highest BCUT2D eigenvalue weighted by Crippen LogP contribution is 2.20. The van der Waals surface area contributed by atoms with E-state index in [1.165, 1.54) is 6.42 Å². The van der Waals surface area contributed by atoms with Crippen molar-refractivity contribution in [2.45, 2.75) is 75.8 Å². The normalized spacial score (nSPS) is 16.4. The SMILES string of the molecule is CC[C@@H](C)NC(=O)C(=O)NCCc1ccc(S(=O)(=O)NC2CCCCC2)cc1. The topological polar surface area (TPSA) is 104 Å². The number of carbonyl (C=O) groups is 2. The van der Waals surface area contributed by atoms with Gasteiger partial charge in [-0.2, -0.15) is 0 Å². The number of nitrogens with one attached hydrogen (secondary N) is 3. The molecule has 0 bridgehead atoms. The van der Waals surface area contributed by atoms with E-state index in [1.54, 1.807) is 24.3 Å². The zero-order chi connectivity index (χ0) is 20.6. The molecule has 0 heterocycles. The van der Waals surface area contributed by atoms with Crippen LogP contribution in [0, 0.1) is 0 Å². The summed E-state index contributed by atoms with van der Waals surface area (Å²) in [4.78, 5) is 23.7. The van der Waals surface area contributed by atoms with Gasteiger partial charge in [0.05, 0.1) is 4.90 Å². The maximum absolute atomic E-state index is 12.5. The van der Waals surface area contributed by atoms with Crippen LogP contribution in [0.25, 0.3) is 0 Å². The maximum atomic E-state index is 12.5. The lowest BCUT2D eigenvalue weighted by Gasteiger charge is -2.22. The van der Waals surface area contributed by atoms with Crippen LogP contribution in [0.5, 0.6) is 0 Å². The van der Waals surface area contributed by atoms with Gasteiger partial charge in [-0.1, -0.05) is 38.3 Å². The Hall–Kier alpha value is -1.93. The molecule has 0 saturated heterocycles. The monoisotopic (exact) mass is 409 g/mol. The Kier molecular flexibility index (Phi) is 8.44. The second-order valence-corrected chi connectivity index (χ2v) is 9.10. The number of amides is 2. The summed E-state index contributed by atoms with van der Waals surface area (Å²) in [6.07, 6.45) is 6.34. The fraction of sp³-hybridized carbons (Fsp3) is 0.600. The predicted molar refractivity (Wildman–Crippen MR) is 108 cm³/mol. The van der Waals surface area contributed by atoms with Crippen LogP contribution in [-0.2, 0) is 26.0 Å². The molecule has 7 nitrogen and oxygen atoms in total. The first-order chi connectivity index (χ1) is 13.3. The van der Waals surface area contributed by atoms with Gasteiger partial charge in [-0.25, -0.2) is 13.1 Å². The molecule has 2 amide bonds. The van der Waals surface area contributed by atoms with Crippen molar-refractivity contribution in [2.75, 3.05) is 6.54 Å². The Morgan fingerprint density at radius 1 is 1.07 bits per heavy atom. The van der Waals surface area contributed by atoms with Crippen LogP contribution in [0.2, 0.25) is 0 Å². The van der Waals surface area contributed by atoms with Crippen molar-refractivity contribution in [3.63, 3.8) is 0 Å². The lowest BCUT2D eigenvalue weighted by molar-refractivity contribution is -0.139. The Balaban J connectivity index is 1.82. The van der Waals surface area contributed by atoms with Crippen molar-refractivity contribution in [1.82, 2.24) is 15.4 Å². The molecule has 0 unspecified atom stereocenters. The second kappa shape index (κ2) is 10.6. The molecule has 0 radical (unpaired) electrons. The quantitative estimate of drug-likeness (QED) is 0.570. The molecule has 28 heavy (non-hydrogen) atoms. The maximum Gasteiger partial charge on any atom is 0.309 e. The molecule has 2 rings (SSSR count). The number of hydrogen-bond donors (Lipinski definition) is 3. The summed E-state index contributed by atoms with van der Waals surface area (Å²) in [5.41, 5.74) is 0.888. The second-order valence-electron chi connectivity index (χ2n) is 7.39. The number of sulfonamides is 1. The summed E-state index contributed by atoms with van der Waals surface area (Å²) >= 11 is 0. The van der Waals surface area contributed by atoms with Crippen molar-refractivity contribution < 1.29 is 18.0 Å². The van der Waals surface area contributed by atoms with Crippen LogP contribution in [0.1, 0.15) is 57.9 Å². The lowest BCUT2D eigenvalue weighted by Crippen LogP contribution is -2.43. The van der Waals surface area contributed by atoms with E-state index in [9.17, 15) is 18.0 Å². The van der Waals surface area contributed by atoms with Gasteiger partial charge in [0.1, 0.15) is 0 Å². The highest BCUT2D eigenvalue weighted by molar-refractivity contribution is 7.89. The first-order valence-corrected chi connectivity index (χ1v) is 11.5. The molecule has 0 aliphatic heterocycles. The van der Waals surface area contributed by atoms with E-state index in [0.717, 1.165) is 37.7 Å². The van der Waals surface area contributed by atoms with Gasteiger partial charge in [-0.15, -0.1) is 0 Å². The minimum atomic E-state index is -3.51. The predicted octanol–water partition coefficient (Wildman–Crippen LogP) is 1.87. The third-order valence-electron chi connectivity index (χ3n) is 5.06. The fourth-order valence-corrected chi connectivity index (χ4v) is 4.44. The molecule has 0 spiro atoms. The molecule has 156 valence electrons. The Labute approximate surface area is 167 Å². The number of rotatable bonds is 8. The minimum Gasteiger partial charge on any atom is -0.348 e. The highest BCUT2D eigenvalue weighted by Gasteiger charge is 2.21. The van der Waals surface area contributed by atoms with Gasteiger partial charge in [-0.3, -0.25) is 9.59 Å². The van der Waals surface area contributed by atoms with Crippen molar-refractivity contribution in [1.29, 1.82) is 0 Å². The van der Waals surface area contributed by atoms with Crippen LogP contribution >= 0.6 is 0 Å². The summed E-state index contributed by atoms with van der Waals surface area (Å²) in [5.74, 6) is -1.29. The molecular weight excluding hydrogens is 378 g/mol. The largest absolute Gasteiger partial charge is 0.348 e. The van der Waals surface area contributed by atoms with Crippen LogP contribution in [-0.4, -0.2) is 38.9 Å². The van der Waals surface area contributed by atoms with Gasteiger partial charge in [0.2, 0.25) is 10.0 Å². The van der Waals surface area contributed by atoms with E-state index in [1.807, 2.05) is 13.8 Å². The van der Waals surface area contributed by atoms with E-state index in [2.05, 4.69) is 15.4 Å².